The molecule has 0 aliphatic carbocycles. The van der Waals surface area contributed by atoms with E-state index in [0.29, 0.717) is 12.1 Å². The molecule has 1 fully saturated rings. The predicted octanol–water partition coefficient (Wildman–Crippen LogP) is 3.09. The van der Waals surface area contributed by atoms with Crippen LogP contribution in [0, 0.1) is 0 Å². The molecule has 2 rings (SSSR count). The zero-order valence-electron chi connectivity index (χ0n) is 13.0. The van der Waals surface area contributed by atoms with E-state index in [4.69, 9.17) is 0 Å². The molecule has 1 aliphatic rings. The highest BCUT2D eigenvalue weighted by Gasteiger charge is 2.23. The van der Waals surface area contributed by atoms with E-state index in [1.54, 1.807) is 0 Å². The second kappa shape index (κ2) is 6.92. The van der Waals surface area contributed by atoms with Crippen LogP contribution in [0.5, 0.6) is 0 Å². The highest BCUT2D eigenvalue weighted by atomic mass is 79.9. The number of anilines is 1. The highest BCUT2D eigenvalue weighted by Crippen LogP contribution is 2.28. The average molecular weight is 340 g/mol. The first-order valence-corrected chi connectivity index (χ1v) is 8.23. The summed E-state index contributed by atoms with van der Waals surface area (Å²) in [6.45, 7) is 11.0. The van der Waals surface area contributed by atoms with Crippen LogP contribution in [0.3, 0.4) is 0 Å². The summed E-state index contributed by atoms with van der Waals surface area (Å²) < 4.78 is 1.16. The lowest BCUT2D eigenvalue weighted by atomic mass is 10.1. The van der Waals surface area contributed by atoms with Gasteiger partial charge >= 0.3 is 0 Å². The van der Waals surface area contributed by atoms with Gasteiger partial charge in [0.1, 0.15) is 0 Å². The zero-order valence-corrected chi connectivity index (χ0v) is 14.6. The average Bonchev–Trinajstić information content (AvgIpc) is 2.37. The molecular weight excluding hydrogens is 314 g/mol. The number of hydrogen-bond acceptors (Lipinski definition) is 3. The summed E-state index contributed by atoms with van der Waals surface area (Å²) in [6, 6.07) is 7.71. The van der Waals surface area contributed by atoms with Crippen LogP contribution < -0.4 is 10.2 Å². The number of nitrogens with one attached hydrogen (secondary N) is 1. The quantitative estimate of drug-likeness (QED) is 0.909. The molecule has 3 nitrogen and oxygen atoms in total. The van der Waals surface area contributed by atoms with Gasteiger partial charge in [-0.3, -0.25) is 0 Å². The van der Waals surface area contributed by atoms with Gasteiger partial charge in [-0.15, -0.1) is 0 Å². The summed E-state index contributed by atoms with van der Waals surface area (Å²) >= 11 is 3.62. The first kappa shape index (κ1) is 15.8. The molecule has 1 aromatic rings. The van der Waals surface area contributed by atoms with E-state index in [2.05, 4.69) is 77.1 Å². The van der Waals surface area contributed by atoms with Crippen molar-refractivity contribution in [3.05, 3.63) is 28.2 Å². The van der Waals surface area contributed by atoms with E-state index in [1.165, 1.54) is 11.3 Å². The number of likely N-dealkylation sites (N-methyl/N-ethyl adjacent to an activating group) is 1. The number of rotatable bonds is 4. The van der Waals surface area contributed by atoms with Gasteiger partial charge in [0.15, 0.2) is 0 Å². The van der Waals surface area contributed by atoms with E-state index in [9.17, 15) is 0 Å². The minimum Gasteiger partial charge on any atom is -0.366 e. The minimum absolute atomic E-state index is 0.511. The van der Waals surface area contributed by atoms with E-state index >= 15 is 0 Å². The Morgan fingerprint density at radius 3 is 2.75 bits per heavy atom. The second-order valence-electron chi connectivity index (χ2n) is 6.11. The molecule has 4 heteroatoms. The molecule has 1 saturated heterocycles. The number of piperazine rings is 1. The van der Waals surface area contributed by atoms with Gasteiger partial charge in [-0.25, -0.2) is 0 Å². The van der Waals surface area contributed by atoms with Crippen molar-refractivity contribution in [2.45, 2.75) is 39.4 Å². The van der Waals surface area contributed by atoms with Crippen molar-refractivity contribution in [2.24, 2.45) is 0 Å². The maximum Gasteiger partial charge on any atom is 0.0426 e. The van der Waals surface area contributed by atoms with Gasteiger partial charge in [0.25, 0.3) is 0 Å². The summed E-state index contributed by atoms with van der Waals surface area (Å²) in [5.74, 6) is 0. The maximum atomic E-state index is 3.62. The zero-order chi connectivity index (χ0) is 14.7. The molecule has 1 atom stereocenters. The van der Waals surface area contributed by atoms with Gasteiger partial charge in [-0.2, -0.15) is 0 Å². The largest absolute Gasteiger partial charge is 0.366 e. The second-order valence-corrected chi connectivity index (χ2v) is 7.03. The van der Waals surface area contributed by atoms with Crippen LogP contribution in [-0.2, 0) is 6.54 Å². The molecule has 20 heavy (non-hydrogen) atoms. The monoisotopic (exact) mass is 339 g/mol. The molecule has 1 unspecified atom stereocenters. The lowest BCUT2D eigenvalue weighted by molar-refractivity contribution is 0.275. The molecule has 0 aromatic heterocycles. The topological polar surface area (TPSA) is 18.5 Å². The van der Waals surface area contributed by atoms with Crippen LogP contribution >= 0.6 is 15.9 Å². The fourth-order valence-electron chi connectivity index (χ4n) is 2.77. The van der Waals surface area contributed by atoms with Crippen LogP contribution in [0.2, 0.25) is 0 Å². The Morgan fingerprint density at radius 1 is 1.35 bits per heavy atom. The Morgan fingerprint density at radius 2 is 2.10 bits per heavy atom. The van der Waals surface area contributed by atoms with Crippen molar-refractivity contribution in [1.29, 1.82) is 0 Å². The fraction of sp³-hybridized carbons (Fsp3) is 0.625. The Bertz CT molecular complexity index is 447. The molecule has 112 valence electrons. The van der Waals surface area contributed by atoms with E-state index in [1.807, 2.05) is 0 Å². The molecule has 0 bridgehead atoms. The Hall–Kier alpha value is -0.580. The maximum absolute atomic E-state index is 3.62. The van der Waals surface area contributed by atoms with Crippen molar-refractivity contribution < 1.29 is 0 Å². The summed E-state index contributed by atoms with van der Waals surface area (Å²) in [5, 5.41) is 3.53. The van der Waals surface area contributed by atoms with Crippen LogP contribution in [0.25, 0.3) is 0 Å². The van der Waals surface area contributed by atoms with Crippen LogP contribution in [0.1, 0.15) is 26.3 Å². The molecule has 0 amide bonds. The van der Waals surface area contributed by atoms with Crippen molar-refractivity contribution in [3.63, 3.8) is 0 Å². The first-order valence-electron chi connectivity index (χ1n) is 7.44. The Balaban J connectivity index is 2.22. The number of nitrogens with zero attached hydrogens (tertiary/aromatic N) is 2. The SMILES string of the molecule is CC(C)NCc1ccc(Br)cc1N1CCN(C)CC1C. The fourth-order valence-corrected chi connectivity index (χ4v) is 3.11. The smallest absolute Gasteiger partial charge is 0.0426 e. The normalized spacial score (nSPS) is 20.7. The number of benzene rings is 1. The lowest BCUT2D eigenvalue weighted by Gasteiger charge is -2.40. The third-order valence-electron chi connectivity index (χ3n) is 3.89. The lowest BCUT2D eigenvalue weighted by Crippen LogP contribution is -2.51. The first-order chi connectivity index (χ1) is 9.47. The van der Waals surface area contributed by atoms with Crippen molar-refractivity contribution in [3.8, 4) is 0 Å². The molecule has 1 N–H and O–H groups in total. The molecule has 0 spiro atoms. The van der Waals surface area contributed by atoms with Gasteiger partial charge in [0.2, 0.25) is 0 Å². The Labute approximate surface area is 131 Å². The molecule has 0 saturated carbocycles. The van der Waals surface area contributed by atoms with E-state index < -0.39 is 0 Å². The summed E-state index contributed by atoms with van der Waals surface area (Å²) in [7, 11) is 2.20. The third kappa shape index (κ3) is 3.96. The molecular formula is C16H26BrN3. The van der Waals surface area contributed by atoms with E-state index in [0.717, 1.165) is 30.7 Å². The van der Waals surface area contributed by atoms with Gasteiger partial charge in [0, 0.05) is 48.4 Å². The van der Waals surface area contributed by atoms with Gasteiger partial charge in [-0.05, 0) is 31.7 Å². The van der Waals surface area contributed by atoms with Crippen LogP contribution in [0.4, 0.5) is 5.69 Å². The minimum atomic E-state index is 0.511. The van der Waals surface area contributed by atoms with Crippen molar-refractivity contribution in [2.75, 3.05) is 31.6 Å². The third-order valence-corrected chi connectivity index (χ3v) is 4.38. The molecule has 1 heterocycles. The summed E-state index contributed by atoms with van der Waals surface area (Å²) in [4.78, 5) is 4.95. The van der Waals surface area contributed by atoms with Gasteiger partial charge in [0.05, 0.1) is 0 Å². The molecule has 1 aromatic carbocycles. The standard InChI is InChI=1S/C16H26BrN3/c1-12(2)18-10-14-5-6-15(17)9-16(14)20-8-7-19(4)11-13(20)3/h5-6,9,12-13,18H,7-8,10-11H2,1-4H3. The van der Waals surface area contributed by atoms with Crippen LogP contribution in [-0.4, -0.2) is 43.7 Å². The molecule has 0 radical (unpaired) electrons. The van der Waals surface area contributed by atoms with Gasteiger partial charge in [-0.1, -0.05) is 35.8 Å². The number of hydrogen-bond donors (Lipinski definition) is 1. The Kier molecular flexibility index (Phi) is 5.47. The molecule has 1 aliphatic heterocycles. The summed E-state index contributed by atoms with van der Waals surface area (Å²) in [5.41, 5.74) is 2.76. The van der Waals surface area contributed by atoms with Crippen LogP contribution in [0.15, 0.2) is 22.7 Å². The highest BCUT2D eigenvalue weighted by molar-refractivity contribution is 9.10. The van der Waals surface area contributed by atoms with Gasteiger partial charge < -0.3 is 15.1 Å². The van der Waals surface area contributed by atoms with Crippen molar-refractivity contribution >= 4 is 21.6 Å². The van der Waals surface area contributed by atoms with E-state index in [-0.39, 0.29) is 0 Å². The van der Waals surface area contributed by atoms with Crippen molar-refractivity contribution in [1.82, 2.24) is 10.2 Å². The predicted molar refractivity (Wildman–Crippen MR) is 90.4 cm³/mol. The summed E-state index contributed by atoms with van der Waals surface area (Å²) in [6.07, 6.45) is 0. The number of halogens is 1.